The molecule has 0 bridgehead atoms. The van der Waals surface area contributed by atoms with Crippen LogP contribution in [-0.2, 0) is 4.79 Å². The average molecular weight is 202 g/mol. The molecular weight excluding hydrogens is 188 g/mol. The molecule has 2 aromatic rings. The third kappa shape index (κ3) is 1.61. The van der Waals surface area contributed by atoms with Gasteiger partial charge in [0.2, 0.25) is 5.91 Å². The number of benzene rings is 1. The normalized spacial score (nSPS) is 10.5. The molecule has 2 rings (SSSR count). The van der Waals surface area contributed by atoms with Gasteiger partial charge in [-0.1, -0.05) is 18.2 Å². The number of nitrogens with one attached hydrogen (secondary N) is 1. The van der Waals surface area contributed by atoms with Crippen molar-refractivity contribution in [3.05, 3.63) is 30.5 Å². The highest BCUT2D eigenvalue weighted by molar-refractivity contribution is 6.02. The molecule has 0 atom stereocenters. The van der Waals surface area contributed by atoms with Crippen LogP contribution in [-0.4, -0.2) is 17.4 Å². The van der Waals surface area contributed by atoms with Crippen LogP contribution in [0, 0.1) is 0 Å². The number of para-hydroxylation sites is 1. The van der Waals surface area contributed by atoms with E-state index in [0.29, 0.717) is 6.54 Å². The van der Waals surface area contributed by atoms with E-state index in [-0.39, 0.29) is 5.91 Å². The Kier molecular flexibility index (Phi) is 2.46. The Morgan fingerprint density at radius 2 is 2.13 bits per heavy atom. The summed E-state index contributed by atoms with van der Waals surface area (Å²) in [6, 6.07) is 7.99. The van der Waals surface area contributed by atoms with E-state index in [0.717, 1.165) is 16.6 Å². The predicted octanol–water partition coefficient (Wildman–Crippen LogP) is 2.54. The minimum atomic E-state index is 0.0715. The van der Waals surface area contributed by atoms with E-state index >= 15 is 0 Å². The molecule has 0 aliphatic rings. The first-order valence-corrected chi connectivity index (χ1v) is 5.08. The van der Waals surface area contributed by atoms with E-state index in [1.807, 2.05) is 37.4 Å². The lowest BCUT2D eigenvalue weighted by atomic mass is 10.2. The van der Waals surface area contributed by atoms with E-state index in [2.05, 4.69) is 4.98 Å². The Bertz CT molecular complexity index is 487. The smallest absolute Gasteiger partial charge is 0.223 e. The van der Waals surface area contributed by atoms with Gasteiger partial charge >= 0.3 is 0 Å². The quantitative estimate of drug-likeness (QED) is 0.798. The number of anilines is 1. The van der Waals surface area contributed by atoms with Crippen LogP contribution in [0.3, 0.4) is 0 Å². The van der Waals surface area contributed by atoms with Gasteiger partial charge in [-0.25, -0.2) is 0 Å². The Morgan fingerprint density at radius 3 is 2.80 bits per heavy atom. The summed E-state index contributed by atoms with van der Waals surface area (Å²) >= 11 is 0. The molecule has 3 nitrogen and oxygen atoms in total. The van der Waals surface area contributed by atoms with Crippen LogP contribution in [0.1, 0.15) is 13.8 Å². The summed E-state index contributed by atoms with van der Waals surface area (Å²) in [5, 5.41) is 1.09. The van der Waals surface area contributed by atoms with Crippen LogP contribution >= 0.6 is 0 Å². The first-order valence-electron chi connectivity index (χ1n) is 5.08. The molecule has 0 aliphatic carbocycles. The van der Waals surface area contributed by atoms with Gasteiger partial charge in [0.15, 0.2) is 0 Å². The van der Waals surface area contributed by atoms with Crippen LogP contribution in [0.15, 0.2) is 30.5 Å². The molecule has 15 heavy (non-hydrogen) atoms. The van der Waals surface area contributed by atoms with E-state index in [1.165, 1.54) is 0 Å². The number of H-pyrrole nitrogens is 1. The molecule has 1 aromatic carbocycles. The van der Waals surface area contributed by atoms with Gasteiger partial charge < -0.3 is 9.88 Å². The van der Waals surface area contributed by atoms with Crippen molar-refractivity contribution in [2.24, 2.45) is 0 Å². The van der Waals surface area contributed by atoms with Crippen molar-refractivity contribution < 1.29 is 4.79 Å². The molecule has 0 aliphatic heterocycles. The van der Waals surface area contributed by atoms with Crippen molar-refractivity contribution in [1.82, 2.24) is 4.98 Å². The minimum absolute atomic E-state index is 0.0715. The van der Waals surface area contributed by atoms with Crippen LogP contribution in [0.5, 0.6) is 0 Å². The highest BCUT2D eigenvalue weighted by Crippen LogP contribution is 2.26. The van der Waals surface area contributed by atoms with Crippen molar-refractivity contribution in [2.75, 3.05) is 11.4 Å². The molecular formula is C12H14N2O. The molecule has 3 heteroatoms. The molecule has 1 heterocycles. The van der Waals surface area contributed by atoms with Crippen molar-refractivity contribution in [3.63, 3.8) is 0 Å². The SMILES string of the molecule is CCN(C(C)=O)c1c[nH]c2ccccc12. The van der Waals surface area contributed by atoms with Crippen molar-refractivity contribution in [3.8, 4) is 0 Å². The lowest BCUT2D eigenvalue weighted by Crippen LogP contribution is -2.27. The summed E-state index contributed by atoms with van der Waals surface area (Å²) in [6.45, 7) is 4.26. The third-order valence-corrected chi connectivity index (χ3v) is 2.55. The van der Waals surface area contributed by atoms with Crippen LogP contribution < -0.4 is 4.90 Å². The molecule has 1 amide bonds. The summed E-state index contributed by atoms with van der Waals surface area (Å²) in [5.74, 6) is 0.0715. The molecule has 78 valence electrons. The zero-order valence-corrected chi connectivity index (χ0v) is 8.95. The lowest BCUT2D eigenvalue weighted by Gasteiger charge is -2.17. The molecule has 0 radical (unpaired) electrons. The van der Waals surface area contributed by atoms with Gasteiger partial charge in [0, 0.05) is 30.6 Å². The number of hydrogen-bond acceptors (Lipinski definition) is 1. The lowest BCUT2D eigenvalue weighted by molar-refractivity contribution is -0.116. The van der Waals surface area contributed by atoms with E-state index in [9.17, 15) is 4.79 Å². The van der Waals surface area contributed by atoms with E-state index in [1.54, 1.807) is 11.8 Å². The summed E-state index contributed by atoms with van der Waals surface area (Å²) in [6.07, 6.45) is 1.88. The van der Waals surface area contributed by atoms with Crippen molar-refractivity contribution >= 4 is 22.5 Å². The van der Waals surface area contributed by atoms with Crippen molar-refractivity contribution in [1.29, 1.82) is 0 Å². The summed E-state index contributed by atoms with van der Waals surface area (Å²) in [4.78, 5) is 16.4. The molecule has 0 saturated carbocycles. The average Bonchev–Trinajstić information content (AvgIpc) is 2.63. The second-order valence-electron chi connectivity index (χ2n) is 3.48. The maximum Gasteiger partial charge on any atom is 0.223 e. The van der Waals surface area contributed by atoms with Gasteiger partial charge in [-0.3, -0.25) is 4.79 Å². The number of rotatable bonds is 2. The zero-order valence-electron chi connectivity index (χ0n) is 8.95. The number of aromatic amines is 1. The fourth-order valence-electron chi connectivity index (χ4n) is 1.84. The van der Waals surface area contributed by atoms with Crippen LogP contribution in [0.4, 0.5) is 5.69 Å². The molecule has 1 N–H and O–H groups in total. The monoisotopic (exact) mass is 202 g/mol. The number of carbonyl (C=O) groups is 1. The van der Waals surface area contributed by atoms with E-state index < -0.39 is 0 Å². The maximum atomic E-state index is 11.4. The number of amides is 1. The molecule has 0 spiro atoms. The van der Waals surface area contributed by atoms with Gasteiger partial charge in [-0.05, 0) is 13.0 Å². The predicted molar refractivity (Wildman–Crippen MR) is 62.0 cm³/mol. The van der Waals surface area contributed by atoms with Gasteiger partial charge in [0.05, 0.1) is 5.69 Å². The topological polar surface area (TPSA) is 36.1 Å². The Hall–Kier alpha value is -1.77. The Morgan fingerprint density at radius 1 is 1.40 bits per heavy atom. The van der Waals surface area contributed by atoms with Gasteiger partial charge in [0.25, 0.3) is 0 Å². The fraction of sp³-hybridized carbons (Fsp3) is 0.250. The third-order valence-electron chi connectivity index (χ3n) is 2.55. The Labute approximate surface area is 88.7 Å². The number of fused-ring (bicyclic) bond motifs is 1. The summed E-state index contributed by atoms with van der Waals surface area (Å²) in [5.41, 5.74) is 2.02. The number of nitrogens with zero attached hydrogens (tertiary/aromatic N) is 1. The summed E-state index contributed by atoms with van der Waals surface area (Å²) < 4.78 is 0. The number of hydrogen-bond donors (Lipinski definition) is 1. The molecule has 0 saturated heterocycles. The molecule has 0 fully saturated rings. The summed E-state index contributed by atoms with van der Waals surface area (Å²) in [7, 11) is 0. The van der Waals surface area contributed by atoms with Crippen molar-refractivity contribution in [2.45, 2.75) is 13.8 Å². The Balaban J connectivity index is 2.55. The van der Waals surface area contributed by atoms with E-state index in [4.69, 9.17) is 0 Å². The number of aromatic nitrogens is 1. The van der Waals surface area contributed by atoms with Gasteiger partial charge in [-0.15, -0.1) is 0 Å². The fourth-order valence-corrected chi connectivity index (χ4v) is 1.84. The second-order valence-corrected chi connectivity index (χ2v) is 3.48. The van der Waals surface area contributed by atoms with Gasteiger partial charge in [0.1, 0.15) is 0 Å². The second kappa shape index (κ2) is 3.77. The number of carbonyl (C=O) groups excluding carboxylic acids is 1. The first-order chi connectivity index (χ1) is 7.24. The maximum absolute atomic E-state index is 11.4. The van der Waals surface area contributed by atoms with Crippen LogP contribution in [0.2, 0.25) is 0 Å². The zero-order chi connectivity index (χ0) is 10.8. The largest absolute Gasteiger partial charge is 0.359 e. The highest BCUT2D eigenvalue weighted by atomic mass is 16.2. The molecule has 1 aromatic heterocycles. The minimum Gasteiger partial charge on any atom is -0.359 e. The first kappa shape index (κ1) is 9.77. The standard InChI is InChI=1S/C12H14N2O/c1-3-14(9(2)15)12-8-13-11-7-5-4-6-10(11)12/h4-8,13H,3H2,1-2H3. The highest BCUT2D eigenvalue weighted by Gasteiger charge is 2.12. The molecule has 0 unspecified atom stereocenters. The van der Waals surface area contributed by atoms with Crippen LogP contribution in [0.25, 0.3) is 10.9 Å². The van der Waals surface area contributed by atoms with Gasteiger partial charge in [-0.2, -0.15) is 0 Å².